The molecule has 1 aromatic heterocycles. The fourth-order valence-corrected chi connectivity index (χ4v) is 5.16. The average molecular weight is 459 g/mol. The maximum Gasteiger partial charge on any atom is 0.341 e. The van der Waals surface area contributed by atoms with Gasteiger partial charge in [-0.3, -0.25) is 4.79 Å². The van der Waals surface area contributed by atoms with Crippen LogP contribution in [0.15, 0.2) is 24.3 Å². The molecule has 3 rings (SSSR count). The average Bonchev–Trinajstić information content (AvgIpc) is 3.09. The zero-order chi connectivity index (χ0) is 23.5. The van der Waals surface area contributed by atoms with Crippen molar-refractivity contribution in [2.45, 2.75) is 47.0 Å². The summed E-state index contributed by atoms with van der Waals surface area (Å²) < 4.78 is 10.4. The van der Waals surface area contributed by atoms with Gasteiger partial charge < -0.3 is 20.5 Å². The van der Waals surface area contributed by atoms with Crippen LogP contribution < -0.4 is 11.1 Å². The lowest BCUT2D eigenvalue weighted by molar-refractivity contribution is -0.119. The van der Waals surface area contributed by atoms with E-state index in [2.05, 4.69) is 26.1 Å². The summed E-state index contributed by atoms with van der Waals surface area (Å²) in [7, 11) is 0. The van der Waals surface area contributed by atoms with E-state index in [4.69, 9.17) is 15.2 Å². The van der Waals surface area contributed by atoms with Gasteiger partial charge in [-0.1, -0.05) is 20.8 Å². The third-order valence-electron chi connectivity index (χ3n) is 5.70. The molecule has 0 saturated heterocycles. The molecule has 0 radical (unpaired) electrons. The van der Waals surface area contributed by atoms with Crippen molar-refractivity contribution in [1.29, 1.82) is 0 Å². The second-order valence-electron chi connectivity index (χ2n) is 8.98. The Labute approximate surface area is 192 Å². The zero-order valence-corrected chi connectivity index (χ0v) is 19.8. The van der Waals surface area contributed by atoms with Gasteiger partial charge in [0.1, 0.15) is 5.00 Å². The largest absolute Gasteiger partial charge is 0.462 e. The first kappa shape index (κ1) is 23.8. The van der Waals surface area contributed by atoms with Gasteiger partial charge in [-0.2, -0.15) is 0 Å². The second kappa shape index (κ2) is 9.73. The first-order chi connectivity index (χ1) is 15.1. The van der Waals surface area contributed by atoms with Crippen molar-refractivity contribution in [3.8, 4) is 0 Å². The number of nitrogen functional groups attached to an aromatic ring is 1. The van der Waals surface area contributed by atoms with Gasteiger partial charge in [0.05, 0.1) is 17.7 Å². The number of anilines is 2. The third kappa shape index (κ3) is 5.48. The summed E-state index contributed by atoms with van der Waals surface area (Å²) in [5, 5.41) is 3.21. The number of hydrogen-bond acceptors (Lipinski definition) is 7. The molecule has 1 aliphatic carbocycles. The highest BCUT2D eigenvalue weighted by molar-refractivity contribution is 7.17. The number of esters is 2. The van der Waals surface area contributed by atoms with E-state index in [1.807, 2.05) is 0 Å². The van der Waals surface area contributed by atoms with Crippen LogP contribution in [0.3, 0.4) is 0 Å². The summed E-state index contributed by atoms with van der Waals surface area (Å²) in [6, 6.07) is 6.24. The van der Waals surface area contributed by atoms with Crippen molar-refractivity contribution in [2.24, 2.45) is 11.3 Å². The van der Waals surface area contributed by atoms with E-state index in [-0.39, 0.29) is 12.0 Å². The Kier molecular flexibility index (Phi) is 7.23. The third-order valence-corrected chi connectivity index (χ3v) is 6.87. The molecule has 0 spiro atoms. The molecule has 3 N–H and O–H groups in total. The van der Waals surface area contributed by atoms with E-state index in [9.17, 15) is 14.4 Å². The van der Waals surface area contributed by atoms with E-state index in [1.54, 1.807) is 19.1 Å². The molecule has 1 aliphatic rings. The maximum atomic E-state index is 12.7. The molecule has 1 aromatic carbocycles. The van der Waals surface area contributed by atoms with Crippen LogP contribution in [0.25, 0.3) is 0 Å². The highest BCUT2D eigenvalue weighted by Crippen LogP contribution is 2.44. The zero-order valence-electron chi connectivity index (χ0n) is 18.9. The van der Waals surface area contributed by atoms with Gasteiger partial charge in [0.2, 0.25) is 0 Å². The summed E-state index contributed by atoms with van der Waals surface area (Å²) in [6.45, 7) is 8.21. The molecule has 7 nitrogen and oxygen atoms in total. The predicted molar refractivity (Wildman–Crippen MR) is 125 cm³/mol. The van der Waals surface area contributed by atoms with Crippen LogP contribution >= 0.6 is 11.3 Å². The smallest absolute Gasteiger partial charge is 0.341 e. The topological polar surface area (TPSA) is 108 Å². The number of nitrogens with two attached hydrogens (primary N) is 1. The normalized spacial score (nSPS) is 15.6. The quantitative estimate of drug-likeness (QED) is 0.489. The fraction of sp³-hybridized carbons (Fsp3) is 0.458. The van der Waals surface area contributed by atoms with Crippen LogP contribution in [0.1, 0.15) is 65.3 Å². The SMILES string of the molecule is CCOC(=O)c1c(NC(=O)COC(=O)c2ccc(N)cc2)sc2c1CCC(C(C)(C)C)C2. The minimum absolute atomic E-state index is 0.158. The lowest BCUT2D eigenvalue weighted by Crippen LogP contribution is -2.26. The first-order valence-electron chi connectivity index (χ1n) is 10.7. The summed E-state index contributed by atoms with van der Waals surface area (Å²) in [5.41, 5.74) is 8.00. The molecule has 172 valence electrons. The highest BCUT2D eigenvalue weighted by Gasteiger charge is 2.34. The van der Waals surface area contributed by atoms with E-state index in [1.165, 1.54) is 23.5 Å². The Morgan fingerprint density at radius 3 is 2.44 bits per heavy atom. The van der Waals surface area contributed by atoms with Gasteiger partial charge in [0.25, 0.3) is 5.91 Å². The molecule has 8 heteroatoms. The van der Waals surface area contributed by atoms with Gasteiger partial charge in [0.15, 0.2) is 6.61 Å². The van der Waals surface area contributed by atoms with Crippen LogP contribution in [-0.2, 0) is 27.1 Å². The number of carbonyl (C=O) groups is 3. The Morgan fingerprint density at radius 1 is 1.12 bits per heavy atom. The van der Waals surface area contributed by atoms with Crippen LogP contribution in [0.4, 0.5) is 10.7 Å². The van der Waals surface area contributed by atoms with Crippen LogP contribution in [0.5, 0.6) is 0 Å². The molecule has 1 amide bonds. The van der Waals surface area contributed by atoms with Crippen molar-refractivity contribution < 1.29 is 23.9 Å². The molecular weight excluding hydrogens is 428 g/mol. The summed E-state index contributed by atoms with van der Waals surface area (Å²) in [4.78, 5) is 38.4. The molecule has 0 aliphatic heterocycles. The second-order valence-corrected chi connectivity index (χ2v) is 10.1. The minimum atomic E-state index is -0.621. The molecule has 1 atom stereocenters. The number of ether oxygens (including phenoxy) is 2. The number of nitrogens with one attached hydrogen (secondary N) is 1. The maximum absolute atomic E-state index is 12.7. The summed E-state index contributed by atoms with van der Waals surface area (Å²) in [6.07, 6.45) is 2.61. The number of amides is 1. The van der Waals surface area contributed by atoms with Crippen molar-refractivity contribution in [3.05, 3.63) is 45.8 Å². The fourth-order valence-electron chi connectivity index (χ4n) is 3.83. The minimum Gasteiger partial charge on any atom is -0.462 e. The van der Waals surface area contributed by atoms with E-state index in [0.29, 0.717) is 27.7 Å². The number of carbonyl (C=O) groups excluding carboxylic acids is 3. The van der Waals surface area contributed by atoms with Crippen molar-refractivity contribution >= 4 is 39.9 Å². The lowest BCUT2D eigenvalue weighted by atomic mass is 9.72. The lowest BCUT2D eigenvalue weighted by Gasteiger charge is -2.33. The molecular formula is C24H30N2O5S. The van der Waals surface area contributed by atoms with Gasteiger partial charge >= 0.3 is 11.9 Å². The number of hydrogen-bond donors (Lipinski definition) is 2. The number of rotatable bonds is 6. The Bertz CT molecular complexity index is 1000. The van der Waals surface area contributed by atoms with Crippen LogP contribution in [-0.4, -0.2) is 31.1 Å². The molecule has 1 unspecified atom stereocenters. The number of fused-ring (bicyclic) bond motifs is 1. The molecule has 0 bridgehead atoms. The number of thiophene rings is 1. The summed E-state index contributed by atoms with van der Waals surface area (Å²) >= 11 is 1.41. The first-order valence-corrected chi connectivity index (χ1v) is 11.6. The van der Waals surface area contributed by atoms with Crippen molar-refractivity contribution in [2.75, 3.05) is 24.3 Å². The molecule has 1 heterocycles. The standard InChI is InChI=1S/C24H30N2O5S/c1-5-30-23(29)20-17-11-8-15(24(2,3)4)12-18(17)32-21(20)26-19(27)13-31-22(28)14-6-9-16(25)10-7-14/h6-7,9-10,15H,5,8,11-13,25H2,1-4H3,(H,26,27). The monoisotopic (exact) mass is 458 g/mol. The molecule has 32 heavy (non-hydrogen) atoms. The van der Waals surface area contributed by atoms with Gasteiger partial charge in [-0.15, -0.1) is 11.3 Å². The summed E-state index contributed by atoms with van der Waals surface area (Å²) in [5.74, 6) is -1.07. The molecule has 0 fully saturated rings. The Balaban J connectivity index is 1.74. The van der Waals surface area contributed by atoms with E-state index >= 15 is 0 Å². The van der Waals surface area contributed by atoms with Gasteiger partial charge in [0, 0.05) is 10.6 Å². The highest BCUT2D eigenvalue weighted by atomic mass is 32.1. The van der Waals surface area contributed by atoms with E-state index < -0.39 is 24.5 Å². The van der Waals surface area contributed by atoms with Crippen LogP contribution in [0, 0.1) is 11.3 Å². The van der Waals surface area contributed by atoms with E-state index in [0.717, 1.165) is 29.7 Å². The molecule has 2 aromatic rings. The van der Waals surface area contributed by atoms with Gasteiger partial charge in [-0.05, 0) is 67.3 Å². The number of benzene rings is 1. The van der Waals surface area contributed by atoms with Crippen molar-refractivity contribution in [1.82, 2.24) is 0 Å². The van der Waals surface area contributed by atoms with Gasteiger partial charge in [-0.25, -0.2) is 9.59 Å². The Hall–Kier alpha value is -2.87. The Morgan fingerprint density at radius 2 is 1.81 bits per heavy atom. The molecule has 0 saturated carbocycles. The van der Waals surface area contributed by atoms with Crippen LogP contribution in [0.2, 0.25) is 0 Å². The predicted octanol–water partition coefficient (Wildman–Crippen LogP) is 4.45. The van der Waals surface area contributed by atoms with Crippen molar-refractivity contribution in [3.63, 3.8) is 0 Å².